The van der Waals surface area contributed by atoms with Gasteiger partial charge in [0, 0.05) is 49.9 Å². The van der Waals surface area contributed by atoms with Crippen molar-refractivity contribution in [1.82, 2.24) is 14.8 Å². The van der Waals surface area contributed by atoms with E-state index in [4.69, 9.17) is 0 Å². The summed E-state index contributed by atoms with van der Waals surface area (Å²) in [6.07, 6.45) is 1.77. The number of pyridine rings is 1. The number of carbonyl (C=O) groups excluding carboxylic acids is 1. The van der Waals surface area contributed by atoms with Gasteiger partial charge in [-0.3, -0.25) is 14.7 Å². The Morgan fingerprint density at radius 3 is 2.52 bits per heavy atom. The van der Waals surface area contributed by atoms with Crippen molar-refractivity contribution < 1.29 is 4.79 Å². The molecule has 1 aliphatic heterocycles. The summed E-state index contributed by atoms with van der Waals surface area (Å²) in [6.45, 7) is 4.32. The zero-order valence-corrected chi connectivity index (χ0v) is 14.1. The van der Waals surface area contributed by atoms with Crippen molar-refractivity contribution in [2.24, 2.45) is 0 Å². The van der Waals surface area contributed by atoms with Gasteiger partial charge >= 0.3 is 0 Å². The van der Waals surface area contributed by atoms with Gasteiger partial charge in [-0.1, -0.05) is 36.4 Å². The van der Waals surface area contributed by atoms with E-state index in [1.54, 1.807) is 6.20 Å². The Kier molecular flexibility index (Phi) is 4.44. The van der Waals surface area contributed by atoms with Crippen molar-refractivity contribution in [2.75, 3.05) is 26.2 Å². The number of hydrogen-bond acceptors (Lipinski definition) is 3. The molecule has 4 rings (SSSR count). The molecule has 0 N–H and O–H groups in total. The minimum atomic E-state index is 0.116. The van der Waals surface area contributed by atoms with Crippen LogP contribution in [0, 0.1) is 0 Å². The number of carbonyl (C=O) groups is 1. The molecule has 1 aromatic heterocycles. The topological polar surface area (TPSA) is 36.4 Å². The van der Waals surface area contributed by atoms with E-state index in [9.17, 15) is 4.79 Å². The molecule has 4 heteroatoms. The smallest absolute Gasteiger partial charge is 0.253 e. The molecule has 0 bridgehead atoms. The lowest BCUT2D eigenvalue weighted by Gasteiger charge is -2.34. The van der Waals surface area contributed by atoms with Crippen molar-refractivity contribution >= 4 is 16.8 Å². The monoisotopic (exact) mass is 331 g/mol. The molecule has 2 heterocycles. The number of nitrogens with zero attached hydrogens (tertiary/aromatic N) is 3. The van der Waals surface area contributed by atoms with Gasteiger partial charge < -0.3 is 4.90 Å². The first kappa shape index (κ1) is 15.8. The minimum absolute atomic E-state index is 0.116. The quantitative estimate of drug-likeness (QED) is 0.739. The van der Waals surface area contributed by atoms with Crippen LogP contribution in [0.4, 0.5) is 0 Å². The molecule has 0 saturated carbocycles. The van der Waals surface area contributed by atoms with Crippen molar-refractivity contribution in [3.05, 3.63) is 78.0 Å². The van der Waals surface area contributed by atoms with Crippen molar-refractivity contribution in [1.29, 1.82) is 0 Å². The Bertz CT molecular complexity index is 870. The van der Waals surface area contributed by atoms with E-state index in [1.165, 1.54) is 5.56 Å². The van der Waals surface area contributed by atoms with Crippen LogP contribution in [0.25, 0.3) is 10.9 Å². The Balaban J connectivity index is 1.40. The van der Waals surface area contributed by atoms with Gasteiger partial charge in [0.2, 0.25) is 0 Å². The Morgan fingerprint density at radius 1 is 0.920 bits per heavy atom. The van der Waals surface area contributed by atoms with Gasteiger partial charge in [0.05, 0.1) is 5.52 Å². The third-order valence-corrected chi connectivity index (χ3v) is 4.76. The first-order valence-corrected chi connectivity index (χ1v) is 8.70. The highest BCUT2D eigenvalue weighted by Gasteiger charge is 2.22. The number of piperazine rings is 1. The summed E-state index contributed by atoms with van der Waals surface area (Å²) in [6, 6.07) is 20.1. The number of aromatic nitrogens is 1. The maximum absolute atomic E-state index is 12.8. The van der Waals surface area contributed by atoms with E-state index < -0.39 is 0 Å². The lowest BCUT2D eigenvalue weighted by molar-refractivity contribution is 0.0628. The fourth-order valence-corrected chi connectivity index (χ4v) is 3.34. The fourth-order valence-electron chi connectivity index (χ4n) is 3.34. The molecule has 126 valence electrons. The normalized spacial score (nSPS) is 15.4. The molecule has 1 amide bonds. The predicted molar refractivity (Wildman–Crippen MR) is 99.4 cm³/mol. The van der Waals surface area contributed by atoms with Gasteiger partial charge in [0.1, 0.15) is 0 Å². The van der Waals surface area contributed by atoms with Gasteiger partial charge in [-0.2, -0.15) is 0 Å². The molecule has 1 aliphatic rings. The number of fused-ring (bicyclic) bond motifs is 1. The molecule has 1 saturated heterocycles. The number of hydrogen-bond donors (Lipinski definition) is 0. The van der Waals surface area contributed by atoms with Gasteiger partial charge in [0.15, 0.2) is 0 Å². The standard InChI is InChI=1S/C21H21N3O/c25-21(19-8-9-20-18(15-19)7-4-10-22-20)24-13-11-23(12-14-24)16-17-5-2-1-3-6-17/h1-10,15H,11-14,16H2. The Hall–Kier alpha value is -2.72. The minimum Gasteiger partial charge on any atom is -0.336 e. The molecule has 2 aromatic carbocycles. The summed E-state index contributed by atoms with van der Waals surface area (Å²) >= 11 is 0. The number of amides is 1. The summed E-state index contributed by atoms with van der Waals surface area (Å²) in [5, 5.41) is 1.01. The largest absolute Gasteiger partial charge is 0.336 e. The summed E-state index contributed by atoms with van der Waals surface area (Å²) in [5.41, 5.74) is 2.99. The van der Waals surface area contributed by atoms with Crippen molar-refractivity contribution in [3.63, 3.8) is 0 Å². The highest BCUT2D eigenvalue weighted by Crippen LogP contribution is 2.16. The average Bonchev–Trinajstić information content (AvgIpc) is 2.68. The van der Waals surface area contributed by atoms with Crippen LogP contribution in [0.5, 0.6) is 0 Å². The van der Waals surface area contributed by atoms with Crippen molar-refractivity contribution in [2.45, 2.75) is 6.54 Å². The van der Waals surface area contributed by atoms with Gasteiger partial charge in [-0.15, -0.1) is 0 Å². The number of benzene rings is 2. The maximum Gasteiger partial charge on any atom is 0.253 e. The first-order chi connectivity index (χ1) is 12.3. The molecule has 0 radical (unpaired) electrons. The molecular formula is C21H21N3O. The molecule has 1 fully saturated rings. The lowest BCUT2D eigenvalue weighted by atomic mass is 10.1. The summed E-state index contributed by atoms with van der Waals surface area (Å²) < 4.78 is 0. The summed E-state index contributed by atoms with van der Waals surface area (Å²) in [7, 11) is 0. The zero-order valence-electron chi connectivity index (χ0n) is 14.1. The van der Waals surface area contributed by atoms with Crippen LogP contribution in [-0.2, 0) is 6.54 Å². The molecule has 25 heavy (non-hydrogen) atoms. The van der Waals surface area contributed by atoms with Crippen LogP contribution in [0.3, 0.4) is 0 Å². The fraction of sp³-hybridized carbons (Fsp3) is 0.238. The first-order valence-electron chi connectivity index (χ1n) is 8.70. The van der Waals surface area contributed by atoms with Crippen LogP contribution in [0.15, 0.2) is 66.9 Å². The van der Waals surface area contributed by atoms with E-state index in [1.807, 2.05) is 41.3 Å². The van der Waals surface area contributed by atoms with E-state index >= 15 is 0 Å². The number of rotatable bonds is 3. The highest BCUT2D eigenvalue weighted by molar-refractivity contribution is 5.98. The summed E-state index contributed by atoms with van der Waals surface area (Å²) in [4.78, 5) is 21.5. The van der Waals surface area contributed by atoms with E-state index in [-0.39, 0.29) is 5.91 Å². The Labute approximate surface area is 147 Å². The molecule has 3 aromatic rings. The molecule has 0 spiro atoms. The highest BCUT2D eigenvalue weighted by atomic mass is 16.2. The van der Waals surface area contributed by atoms with E-state index in [2.05, 4.69) is 34.1 Å². The molecular weight excluding hydrogens is 310 g/mol. The van der Waals surface area contributed by atoms with Crippen LogP contribution in [0.2, 0.25) is 0 Å². The van der Waals surface area contributed by atoms with Gasteiger partial charge in [0.25, 0.3) is 5.91 Å². The van der Waals surface area contributed by atoms with Crippen LogP contribution >= 0.6 is 0 Å². The molecule has 4 nitrogen and oxygen atoms in total. The lowest BCUT2D eigenvalue weighted by Crippen LogP contribution is -2.48. The second-order valence-corrected chi connectivity index (χ2v) is 6.46. The van der Waals surface area contributed by atoms with Gasteiger partial charge in [-0.05, 0) is 29.8 Å². The molecule has 0 aliphatic carbocycles. The van der Waals surface area contributed by atoms with Crippen LogP contribution in [-0.4, -0.2) is 46.9 Å². The third kappa shape index (κ3) is 3.54. The SMILES string of the molecule is O=C(c1ccc2ncccc2c1)N1CCN(Cc2ccccc2)CC1. The van der Waals surface area contributed by atoms with Crippen LogP contribution < -0.4 is 0 Å². The molecule has 0 unspecified atom stereocenters. The van der Waals surface area contributed by atoms with E-state index in [0.717, 1.165) is 49.2 Å². The van der Waals surface area contributed by atoms with Crippen molar-refractivity contribution in [3.8, 4) is 0 Å². The second-order valence-electron chi connectivity index (χ2n) is 6.46. The maximum atomic E-state index is 12.8. The van der Waals surface area contributed by atoms with Gasteiger partial charge in [-0.25, -0.2) is 0 Å². The second kappa shape index (κ2) is 7.03. The third-order valence-electron chi connectivity index (χ3n) is 4.76. The predicted octanol–water partition coefficient (Wildman–Crippen LogP) is 3.19. The average molecular weight is 331 g/mol. The van der Waals surface area contributed by atoms with Crippen LogP contribution in [0.1, 0.15) is 15.9 Å². The zero-order chi connectivity index (χ0) is 17.1. The summed E-state index contributed by atoms with van der Waals surface area (Å²) in [5.74, 6) is 0.116. The Morgan fingerprint density at radius 2 is 1.72 bits per heavy atom. The van der Waals surface area contributed by atoms with E-state index in [0.29, 0.717) is 0 Å². The molecule has 0 atom stereocenters.